The Labute approximate surface area is 149 Å². The van der Waals surface area contributed by atoms with E-state index in [4.69, 9.17) is 0 Å². The lowest BCUT2D eigenvalue weighted by atomic mass is 10.1. The van der Waals surface area contributed by atoms with Crippen LogP contribution >= 0.6 is 11.3 Å². The van der Waals surface area contributed by atoms with Crippen molar-refractivity contribution in [1.29, 1.82) is 0 Å². The Balaban J connectivity index is 1.68. The van der Waals surface area contributed by atoms with Crippen molar-refractivity contribution in [2.45, 2.75) is 45.2 Å². The molecule has 25 heavy (non-hydrogen) atoms. The zero-order valence-corrected chi connectivity index (χ0v) is 14.7. The van der Waals surface area contributed by atoms with E-state index < -0.39 is 6.04 Å². The number of halogens is 1. The van der Waals surface area contributed by atoms with E-state index >= 15 is 0 Å². The fourth-order valence-corrected chi connectivity index (χ4v) is 3.69. The summed E-state index contributed by atoms with van der Waals surface area (Å²) in [6.07, 6.45) is 2.54. The van der Waals surface area contributed by atoms with E-state index in [1.807, 2.05) is 6.92 Å². The minimum Gasteiger partial charge on any atom is -0.326 e. The largest absolute Gasteiger partial charge is 0.326 e. The van der Waals surface area contributed by atoms with Crippen molar-refractivity contribution in [2.75, 3.05) is 5.32 Å². The zero-order valence-electron chi connectivity index (χ0n) is 13.9. The number of rotatable bonds is 6. The van der Waals surface area contributed by atoms with E-state index in [0.717, 1.165) is 17.8 Å². The zero-order chi connectivity index (χ0) is 17.8. The number of carbonyl (C=O) groups is 2. The minimum atomic E-state index is -0.575. The predicted molar refractivity (Wildman–Crippen MR) is 92.5 cm³/mol. The Kier molecular flexibility index (Phi) is 5.37. The Morgan fingerprint density at radius 1 is 1.44 bits per heavy atom. The molecule has 1 unspecified atom stereocenters. The molecule has 1 saturated heterocycles. The van der Waals surface area contributed by atoms with E-state index in [-0.39, 0.29) is 24.2 Å². The Morgan fingerprint density at radius 3 is 3.04 bits per heavy atom. The normalized spacial score (nSPS) is 17.1. The fourth-order valence-electron chi connectivity index (χ4n) is 2.84. The van der Waals surface area contributed by atoms with Crippen molar-refractivity contribution in [3.05, 3.63) is 40.7 Å². The lowest BCUT2D eigenvalue weighted by Gasteiger charge is -2.23. The number of amides is 2. The predicted octanol–water partition coefficient (Wildman–Crippen LogP) is 2.76. The van der Waals surface area contributed by atoms with Gasteiger partial charge in [0.1, 0.15) is 16.9 Å². The van der Waals surface area contributed by atoms with Gasteiger partial charge in [-0.3, -0.25) is 14.9 Å². The highest BCUT2D eigenvalue weighted by atomic mass is 32.1. The third kappa shape index (κ3) is 4.19. The van der Waals surface area contributed by atoms with Crippen LogP contribution in [-0.4, -0.2) is 33.0 Å². The van der Waals surface area contributed by atoms with Crippen LogP contribution in [0.5, 0.6) is 0 Å². The molecular formula is C17H19FN4O2S. The molecule has 0 bridgehead atoms. The average Bonchev–Trinajstić information content (AvgIpc) is 3.15. The van der Waals surface area contributed by atoms with Gasteiger partial charge in [-0.25, -0.2) is 4.39 Å². The van der Waals surface area contributed by atoms with Crippen LogP contribution in [-0.2, 0) is 22.6 Å². The van der Waals surface area contributed by atoms with Crippen molar-refractivity contribution in [3.8, 4) is 0 Å². The van der Waals surface area contributed by atoms with E-state index in [0.29, 0.717) is 23.5 Å². The van der Waals surface area contributed by atoms with Gasteiger partial charge in [0, 0.05) is 19.4 Å². The highest BCUT2D eigenvalue weighted by molar-refractivity contribution is 7.15. The molecule has 1 aliphatic heterocycles. The molecule has 1 aromatic carbocycles. The van der Waals surface area contributed by atoms with Crippen LogP contribution in [0.25, 0.3) is 0 Å². The minimum absolute atomic E-state index is 0.103. The second-order valence-corrected chi connectivity index (χ2v) is 7.01. The summed E-state index contributed by atoms with van der Waals surface area (Å²) in [5.41, 5.74) is 0.661. The highest BCUT2D eigenvalue weighted by Gasteiger charge is 2.36. The molecule has 1 atom stereocenters. The number of anilines is 1. The average molecular weight is 362 g/mol. The molecule has 2 amide bonds. The Bertz CT molecular complexity index is 780. The van der Waals surface area contributed by atoms with Gasteiger partial charge in [0.15, 0.2) is 0 Å². The van der Waals surface area contributed by atoms with Crippen LogP contribution in [0.2, 0.25) is 0 Å². The number of aryl methyl sites for hydroxylation is 1. The standard InChI is InChI=1S/C17H19FN4O2S/c1-2-4-14-20-21-17(25-14)19-16(24)13-7-8-15(23)22(13)10-11-5-3-6-12(18)9-11/h3,5-6,9,13H,2,4,7-8,10H2,1H3,(H,19,21,24). The van der Waals surface area contributed by atoms with Gasteiger partial charge in [-0.15, -0.1) is 10.2 Å². The van der Waals surface area contributed by atoms with E-state index in [9.17, 15) is 14.0 Å². The first-order valence-electron chi connectivity index (χ1n) is 8.24. The molecule has 2 aromatic rings. The van der Waals surface area contributed by atoms with Gasteiger partial charge in [0.25, 0.3) is 0 Å². The highest BCUT2D eigenvalue weighted by Crippen LogP contribution is 2.24. The molecule has 1 N–H and O–H groups in total. The Hall–Kier alpha value is -2.35. The number of aromatic nitrogens is 2. The van der Waals surface area contributed by atoms with Crippen LogP contribution in [0.1, 0.15) is 36.8 Å². The van der Waals surface area contributed by atoms with Gasteiger partial charge in [0.05, 0.1) is 0 Å². The van der Waals surface area contributed by atoms with Gasteiger partial charge in [0.2, 0.25) is 16.9 Å². The number of nitrogens with one attached hydrogen (secondary N) is 1. The molecule has 0 saturated carbocycles. The number of benzene rings is 1. The van der Waals surface area contributed by atoms with Gasteiger partial charge in [-0.05, 0) is 30.5 Å². The van der Waals surface area contributed by atoms with Crippen molar-refractivity contribution < 1.29 is 14.0 Å². The number of hydrogen-bond acceptors (Lipinski definition) is 5. The van der Waals surface area contributed by atoms with Crippen LogP contribution in [0.3, 0.4) is 0 Å². The quantitative estimate of drug-likeness (QED) is 0.857. The molecule has 1 aromatic heterocycles. The molecule has 0 radical (unpaired) electrons. The van der Waals surface area contributed by atoms with Crippen LogP contribution in [0.4, 0.5) is 9.52 Å². The van der Waals surface area contributed by atoms with Gasteiger partial charge in [-0.1, -0.05) is 30.4 Å². The molecule has 0 spiro atoms. The SMILES string of the molecule is CCCc1nnc(NC(=O)C2CCC(=O)N2Cc2cccc(F)c2)s1. The summed E-state index contributed by atoms with van der Waals surface area (Å²) in [4.78, 5) is 26.2. The van der Waals surface area contributed by atoms with E-state index in [1.165, 1.54) is 28.4 Å². The van der Waals surface area contributed by atoms with Gasteiger partial charge < -0.3 is 4.90 Å². The molecule has 1 fully saturated rings. The molecule has 6 nitrogen and oxygen atoms in total. The van der Waals surface area contributed by atoms with Crippen LogP contribution in [0, 0.1) is 5.82 Å². The second kappa shape index (κ2) is 7.69. The molecule has 132 valence electrons. The summed E-state index contributed by atoms with van der Waals surface area (Å²) in [7, 11) is 0. The molecule has 2 heterocycles. The maximum absolute atomic E-state index is 13.4. The third-order valence-corrected chi connectivity index (χ3v) is 4.93. The van der Waals surface area contributed by atoms with Crippen LogP contribution in [0.15, 0.2) is 24.3 Å². The Morgan fingerprint density at radius 2 is 2.28 bits per heavy atom. The number of carbonyl (C=O) groups excluding carboxylic acids is 2. The summed E-state index contributed by atoms with van der Waals surface area (Å²) in [5.74, 6) is -0.739. The summed E-state index contributed by atoms with van der Waals surface area (Å²) in [6, 6.07) is 5.49. The maximum atomic E-state index is 13.4. The first kappa shape index (κ1) is 17.5. The number of hydrogen-bond donors (Lipinski definition) is 1. The number of likely N-dealkylation sites (tertiary alicyclic amines) is 1. The smallest absolute Gasteiger partial charge is 0.249 e. The van der Waals surface area contributed by atoms with Crippen molar-refractivity contribution in [1.82, 2.24) is 15.1 Å². The van der Waals surface area contributed by atoms with Gasteiger partial charge >= 0.3 is 0 Å². The summed E-state index contributed by atoms with van der Waals surface area (Å²) < 4.78 is 13.4. The topological polar surface area (TPSA) is 75.2 Å². The third-order valence-electron chi connectivity index (χ3n) is 4.03. The van der Waals surface area contributed by atoms with Crippen molar-refractivity contribution in [3.63, 3.8) is 0 Å². The first-order valence-corrected chi connectivity index (χ1v) is 9.05. The monoisotopic (exact) mass is 362 g/mol. The van der Waals surface area contributed by atoms with E-state index in [2.05, 4.69) is 15.5 Å². The molecule has 1 aliphatic rings. The van der Waals surface area contributed by atoms with E-state index in [1.54, 1.807) is 12.1 Å². The number of nitrogens with zero attached hydrogens (tertiary/aromatic N) is 3. The van der Waals surface area contributed by atoms with Crippen molar-refractivity contribution >= 4 is 28.3 Å². The molecular weight excluding hydrogens is 343 g/mol. The fraction of sp³-hybridized carbons (Fsp3) is 0.412. The summed E-state index contributed by atoms with van der Waals surface area (Å²) in [6.45, 7) is 2.26. The molecule has 8 heteroatoms. The second-order valence-electron chi connectivity index (χ2n) is 5.95. The maximum Gasteiger partial charge on any atom is 0.249 e. The lowest BCUT2D eigenvalue weighted by molar-refractivity contribution is -0.133. The van der Waals surface area contributed by atoms with Crippen molar-refractivity contribution in [2.24, 2.45) is 0 Å². The lowest BCUT2D eigenvalue weighted by Crippen LogP contribution is -2.41. The summed E-state index contributed by atoms with van der Waals surface area (Å²) >= 11 is 1.35. The first-order chi connectivity index (χ1) is 12.1. The molecule has 0 aliphatic carbocycles. The molecule has 3 rings (SSSR count). The van der Waals surface area contributed by atoms with Crippen LogP contribution < -0.4 is 5.32 Å². The summed E-state index contributed by atoms with van der Waals surface area (Å²) in [5, 5.41) is 12.1. The van der Waals surface area contributed by atoms with Gasteiger partial charge in [-0.2, -0.15) is 0 Å².